The van der Waals surface area contributed by atoms with Crippen molar-refractivity contribution in [3.63, 3.8) is 0 Å². The third-order valence-electron chi connectivity index (χ3n) is 14.6. The normalized spacial score (nSPS) is 14.2. The van der Waals surface area contributed by atoms with Gasteiger partial charge < -0.3 is 9.32 Å². The van der Waals surface area contributed by atoms with Crippen LogP contribution in [0, 0.1) is 0 Å². The molecule has 10 aromatic carbocycles. The monoisotopic (exact) mass is 813 g/mol. The molecular formula is C62H39NO. The summed E-state index contributed by atoms with van der Waals surface area (Å²) in [7, 11) is 0. The first-order valence-electron chi connectivity index (χ1n) is 22.3. The smallest absolute Gasteiger partial charge is 0.137 e. The highest BCUT2D eigenvalue weighted by atomic mass is 16.3. The molecule has 0 unspecified atom stereocenters. The molecule has 0 amide bonds. The predicted molar refractivity (Wildman–Crippen MR) is 262 cm³/mol. The van der Waals surface area contributed by atoms with Crippen molar-refractivity contribution in [1.82, 2.24) is 0 Å². The average Bonchev–Trinajstić information content (AvgIpc) is 3.99. The summed E-state index contributed by atoms with van der Waals surface area (Å²) < 4.78 is 6.51. The van der Waals surface area contributed by atoms with E-state index in [4.69, 9.17) is 4.42 Å². The Labute approximate surface area is 372 Å². The van der Waals surface area contributed by atoms with Gasteiger partial charge in [-0.15, -0.1) is 0 Å². The minimum Gasteiger partial charge on any atom is -0.456 e. The third kappa shape index (κ3) is 4.54. The van der Waals surface area contributed by atoms with Gasteiger partial charge in [-0.05, 0) is 120 Å². The molecule has 2 spiro atoms. The molecule has 3 aliphatic rings. The van der Waals surface area contributed by atoms with E-state index in [1.807, 2.05) is 6.07 Å². The van der Waals surface area contributed by atoms with E-state index in [-0.39, 0.29) is 0 Å². The van der Waals surface area contributed by atoms with E-state index in [1.165, 1.54) is 77.9 Å². The van der Waals surface area contributed by atoms with Gasteiger partial charge >= 0.3 is 0 Å². The Balaban J connectivity index is 1.02. The zero-order valence-corrected chi connectivity index (χ0v) is 34.9. The summed E-state index contributed by atoms with van der Waals surface area (Å²) in [6.45, 7) is 0. The summed E-state index contributed by atoms with van der Waals surface area (Å²) in [5.74, 6) is 0. The maximum atomic E-state index is 6.51. The lowest BCUT2D eigenvalue weighted by atomic mass is 9.52. The highest BCUT2D eigenvalue weighted by Gasteiger charge is 2.58. The van der Waals surface area contributed by atoms with Gasteiger partial charge in [-0.1, -0.05) is 188 Å². The van der Waals surface area contributed by atoms with Crippen molar-refractivity contribution in [2.45, 2.75) is 10.8 Å². The van der Waals surface area contributed by atoms with Gasteiger partial charge in [0.15, 0.2) is 0 Å². The number of anilines is 3. The van der Waals surface area contributed by atoms with Gasteiger partial charge in [-0.2, -0.15) is 0 Å². The predicted octanol–water partition coefficient (Wildman–Crippen LogP) is 15.8. The van der Waals surface area contributed by atoms with Gasteiger partial charge in [0, 0.05) is 33.9 Å². The summed E-state index contributed by atoms with van der Waals surface area (Å²) in [5, 5.41) is 2.24. The molecule has 0 bridgehead atoms. The van der Waals surface area contributed by atoms with Crippen LogP contribution in [0.5, 0.6) is 0 Å². The second kappa shape index (κ2) is 13.2. The number of hydrogen-bond donors (Lipinski definition) is 0. The SMILES string of the molecule is c1ccc(-c2ccc(N(c3ccc4c(c3)-c3ccccc3C43c4ccccc4C4(c5ccccc5-c5ccccc54)c4ccccc43)c3ccc4c(c3)oc3ccccc34)cc2)cc1. The Morgan fingerprint density at radius 3 is 1.27 bits per heavy atom. The molecule has 14 rings (SSSR count). The van der Waals surface area contributed by atoms with Gasteiger partial charge in [0.25, 0.3) is 0 Å². The maximum Gasteiger partial charge on any atom is 0.137 e. The van der Waals surface area contributed by atoms with Crippen LogP contribution < -0.4 is 4.90 Å². The van der Waals surface area contributed by atoms with Crippen molar-refractivity contribution in [3.05, 3.63) is 281 Å². The number of furan rings is 1. The van der Waals surface area contributed by atoms with Crippen LogP contribution in [0.25, 0.3) is 55.3 Å². The Bertz CT molecular complexity index is 3590. The maximum absolute atomic E-state index is 6.51. The summed E-state index contributed by atoms with van der Waals surface area (Å²) in [4.78, 5) is 2.39. The molecule has 0 radical (unpaired) electrons. The average molecular weight is 814 g/mol. The zero-order chi connectivity index (χ0) is 42.0. The van der Waals surface area contributed by atoms with Crippen LogP contribution >= 0.6 is 0 Å². The molecule has 2 heteroatoms. The van der Waals surface area contributed by atoms with Gasteiger partial charge in [0.05, 0.1) is 10.8 Å². The molecule has 64 heavy (non-hydrogen) atoms. The van der Waals surface area contributed by atoms with Crippen molar-refractivity contribution >= 4 is 39.0 Å². The number of nitrogens with zero attached hydrogens (tertiary/aromatic N) is 1. The van der Waals surface area contributed by atoms with Crippen LogP contribution in [0.3, 0.4) is 0 Å². The standard InChI is InChI=1S/C62H39NO/c1-2-16-40(17-3-1)41-30-32-42(33-31-41)63(44-34-36-49-48-21-7-15-29-59(48)64-60(49)39-44)43-35-37-54-50(38-43)47-20-6-10-24-53(47)62(54)57-27-13-11-25-55(57)61(56-26-12-14-28-58(56)62)51-22-8-4-18-45(51)46-19-5-9-23-52(46)61/h1-39H. The molecule has 11 aromatic rings. The lowest BCUT2D eigenvalue weighted by Crippen LogP contribution is -2.43. The summed E-state index contributed by atoms with van der Waals surface area (Å²) in [6.07, 6.45) is 0. The van der Waals surface area contributed by atoms with Crippen LogP contribution in [0.4, 0.5) is 17.1 Å². The fourth-order valence-corrected chi connectivity index (χ4v) is 12.1. The van der Waals surface area contributed by atoms with Crippen LogP contribution in [0.2, 0.25) is 0 Å². The highest BCUT2D eigenvalue weighted by Crippen LogP contribution is 2.67. The molecule has 0 aliphatic heterocycles. The summed E-state index contributed by atoms with van der Waals surface area (Å²) in [6, 6.07) is 87.7. The van der Waals surface area contributed by atoms with Crippen LogP contribution in [0.15, 0.2) is 241 Å². The van der Waals surface area contributed by atoms with Crippen molar-refractivity contribution in [1.29, 1.82) is 0 Å². The van der Waals surface area contributed by atoms with Gasteiger partial charge in [-0.3, -0.25) is 0 Å². The molecule has 1 heterocycles. The molecule has 1 aromatic heterocycles. The van der Waals surface area contributed by atoms with Gasteiger partial charge in [0.2, 0.25) is 0 Å². The van der Waals surface area contributed by atoms with Crippen LogP contribution in [-0.2, 0) is 10.8 Å². The number of rotatable bonds is 4. The zero-order valence-electron chi connectivity index (χ0n) is 34.9. The Morgan fingerprint density at radius 2 is 0.672 bits per heavy atom. The molecule has 3 aliphatic carbocycles. The molecule has 2 nitrogen and oxygen atoms in total. The fourth-order valence-electron chi connectivity index (χ4n) is 12.1. The fraction of sp³-hybridized carbons (Fsp3) is 0.0323. The van der Waals surface area contributed by atoms with Crippen molar-refractivity contribution in [2.24, 2.45) is 0 Å². The van der Waals surface area contributed by atoms with Crippen LogP contribution in [-0.4, -0.2) is 0 Å². The number of benzene rings is 10. The summed E-state index contributed by atoms with van der Waals surface area (Å²) >= 11 is 0. The third-order valence-corrected chi connectivity index (χ3v) is 14.6. The molecule has 0 saturated heterocycles. The second-order valence-corrected chi connectivity index (χ2v) is 17.5. The van der Waals surface area contributed by atoms with E-state index in [9.17, 15) is 0 Å². The number of para-hydroxylation sites is 1. The van der Waals surface area contributed by atoms with E-state index < -0.39 is 10.8 Å². The Kier molecular flexibility index (Phi) is 7.28. The van der Waals surface area contributed by atoms with Crippen LogP contribution in [0.1, 0.15) is 44.5 Å². The minimum atomic E-state index is -0.551. The molecule has 0 N–H and O–H groups in total. The topological polar surface area (TPSA) is 16.4 Å². The largest absolute Gasteiger partial charge is 0.456 e. The first-order chi connectivity index (χ1) is 31.7. The molecular weight excluding hydrogens is 775 g/mol. The molecule has 0 saturated carbocycles. The highest BCUT2D eigenvalue weighted by molar-refractivity contribution is 6.06. The van der Waals surface area contributed by atoms with Crippen molar-refractivity contribution in [3.8, 4) is 33.4 Å². The first-order valence-corrected chi connectivity index (χ1v) is 22.3. The van der Waals surface area contributed by atoms with E-state index in [1.54, 1.807) is 0 Å². The Morgan fingerprint density at radius 1 is 0.266 bits per heavy atom. The molecule has 0 fully saturated rings. The van der Waals surface area contributed by atoms with E-state index in [0.29, 0.717) is 0 Å². The first kappa shape index (κ1) is 35.4. The summed E-state index contributed by atoms with van der Waals surface area (Å²) in [5.41, 5.74) is 22.1. The van der Waals surface area contributed by atoms with E-state index >= 15 is 0 Å². The van der Waals surface area contributed by atoms with Crippen molar-refractivity contribution < 1.29 is 4.42 Å². The number of fused-ring (bicyclic) bond motifs is 19. The van der Waals surface area contributed by atoms with Gasteiger partial charge in [0.1, 0.15) is 11.2 Å². The lowest BCUT2D eigenvalue weighted by molar-refractivity contribution is 0.633. The quantitative estimate of drug-likeness (QED) is 0.176. The Hall–Kier alpha value is -8.20. The van der Waals surface area contributed by atoms with E-state index in [0.717, 1.165) is 39.0 Å². The minimum absolute atomic E-state index is 0.471. The van der Waals surface area contributed by atoms with E-state index in [2.05, 4.69) is 235 Å². The molecule has 298 valence electrons. The molecule has 0 atom stereocenters. The lowest BCUT2D eigenvalue weighted by Gasteiger charge is -2.48. The second-order valence-electron chi connectivity index (χ2n) is 17.5. The van der Waals surface area contributed by atoms with Gasteiger partial charge in [-0.25, -0.2) is 0 Å². The number of hydrogen-bond acceptors (Lipinski definition) is 2. The van der Waals surface area contributed by atoms with Crippen molar-refractivity contribution in [2.75, 3.05) is 4.90 Å².